The van der Waals surface area contributed by atoms with Gasteiger partial charge >= 0.3 is 0 Å². The van der Waals surface area contributed by atoms with E-state index in [-0.39, 0.29) is 17.1 Å². The number of aryl methyl sites for hydroxylation is 1. The van der Waals surface area contributed by atoms with Gasteiger partial charge in [0.1, 0.15) is 17.3 Å². The van der Waals surface area contributed by atoms with Gasteiger partial charge in [-0.3, -0.25) is 4.79 Å². The van der Waals surface area contributed by atoms with E-state index in [1.807, 2.05) is 13.0 Å². The molecular weight excluding hydrogens is 232 g/mol. The molecule has 0 aliphatic rings. The number of benzene rings is 1. The predicted octanol–water partition coefficient (Wildman–Crippen LogP) is 2.05. The van der Waals surface area contributed by atoms with E-state index in [0.717, 1.165) is 5.56 Å². The molecule has 0 saturated heterocycles. The van der Waals surface area contributed by atoms with E-state index < -0.39 is 5.91 Å². The Bertz CT molecular complexity index is 597. The van der Waals surface area contributed by atoms with Crippen molar-refractivity contribution in [1.82, 2.24) is 4.98 Å². The average molecular weight is 244 g/mol. The van der Waals surface area contributed by atoms with Crippen LogP contribution in [0, 0.1) is 6.92 Å². The van der Waals surface area contributed by atoms with Crippen molar-refractivity contribution in [2.45, 2.75) is 6.92 Å². The third-order valence-electron chi connectivity index (χ3n) is 2.47. The van der Waals surface area contributed by atoms with Crippen LogP contribution in [0.1, 0.15) is 15.9 Å². The summed E-state index contributed by atoms with van der Waals surface area (Å²) in [5.74, 6) is -0.384. The van der Waals surface area contributed by atoms with Crippen molar-refractivity contribution in [1.29, 1.82) is 0 Å². The molecule has 0 fully saturated rings. The average Bonchev–Trinajstić information content (AvgIpc) is 2.35. The third-order valence-corrected chi connectivity index (χ3v) is 2.47. The van der Waals surface area contributed by atoms with E-state index in [2.05, 4.69) is 10.3 Å². The summed E-state index contributed by atoms with van der Waals surface area (Å²) in [7, 11) is 0. The first-order chi connectivity index (χ1) is 8.58. The number of rotatable bonds is 2. The number of aromatic hydroxyl groups is 2. The number of phenols is 2. The molecule has 0 radical (unpaired) electrons. The predicted molar refractivity (Wildman–Crippen MR) is 66.7 cm³/mol. The van der Waals surface area contributed by atoms with Gasteiger partial charge in [0.15, 0.2) is 0 Å². The van der Waals surface area contributed by atoms with Crippen LogP contribution >= 0.6 is 0 Å². The van der Waals surface area contributed by atoms with Crippen molar-refractivity contribution < 1.29 is 15.0 Å². The first-order valence-corrected chi connectivity index (χ1v) is 5.33. The summed E-state index contributed by atoms with van der Waals surface area (Å²) in [5.41, 5.74) is 0.811. The van der Waals surface area contributed by atoms with E-state index in [1.54, 1.807) is 12.3 Å². The maximum Gasteiger partial charge on any atom is 0.260 e. The molecule has 18 heavy (non-hydrogen) atoms. The lowest BCUT2D eigenvalue weighted by atomic mass is 10.1. The normalized spacial score (nSPS) is 10.1. The van der Waals surface area contributed by atoms with Gasteiger partial charge in [-0.1, -0.05) is 6.07 Å². The van der Waals surface area contributed by atoms with Gasteiger partial charge in [0.2, 0.25) is 0 Å². The molecule has 2 rings (SSSR count). The molecule has 0 unspecified atom stereocenters. The summed E-state index contributed by atoms with van der Waals surface area (Å²) >= 11 is 0. The maximum atomic E-state index is 11.9. The van der Waals surface area contributed by atoms with Crippen molar-refractivity contribution >= 4 is 11.7 Å². The summed E-state index contributed by atoms with van der Waals surface area (Å²) < 4.78 is 0. The number of phenolic OH excluding ortho intramolecular Hbond substituents is 2. The number of hydrogen-bond acceptors (Lipinski definition) is 4. The number of nitrogens with zero attached hydrogens (tertiary/aromatic N) is 1. The molecule has 92 valence electrons. The van der Waals surface area contributed by atoms with Gasteiger partial charge in [0.25, 0.3) is 5.91 Å². The quantitative estimate of drug-likeness (QED) is 0.706. The highest BCUT2D eigenvalue weighted by Gasteiger charge is 2.13. The molecule has 2 aromatic rings. The van der Waals surface area contributed by atoms with Crippen molar-refractivity contribution in [2.24, 2.45) is 0 Å². The van der Waals surface area contributed by atoms with Crippen LogP contribution in [0.5, 0.6) is 11.5 Å². The summed E-state index contributed by atoms with van der Waals surface area (Å²) in [6.07, 6.45) is 1.56. The summed E-state index contributed by atoms with van der Waals surface area (Å²) in [5, 5.41) is 21.4. The number of pyridine rings is 1. The number of carbonyl (C=O) groups excluding carboxylic acids is 1. The standard InChI is InChI=1S/C13H12N2O3/c1-8-3-2-6-14-12(8)15-13(18)10-7-9(16)4-5-11(10)17/h2-7,16-17H,1H3,(H,14,15,18). The summed E-state index contributed by atoms with van der Waals surface area (Å²) in [6, 6.07) is 7.33. The highest BCUT2D eigenvalue weighted by molar-refractivity contribution is 6.06. The van der Waals surface area contributed by atoms with Gasteiger partial charge in [-0.2, -0.15) is 0 Å². The molecule has 1 aromatic heterocycles. The molecule has 0 atom stereocenters. The van der Waals surface area contributed by atoms with Crippen LogP contribution in [0.2, 0.25) is 0 Å². The molecule has 1 aromatic carbocycles. The largest absolute Gasteiger partial charge is 0.508 e. The minimum Gasteiger partial charge on any atom is -0.508 e. The summed E-state index contributed by atoms with van der Waals surface area (Å²) in [6.45, 7) is 1.81. The molecule has 0 saturated carbocycles. The first-order valence-electron chi connectivity index (χ1n) is 5.33. The van der Waals surface area contributed by atoms with Crippen molar-refractivity contribution in [3.05, 3.63) is 47.7 Å². The van der Waals surface area contributed by atoms with Crippen LogP contribution in [-0.4, -0.2) is 21.1 Å². The summed E-state index contributed by atoms with van der Waals surface area (Å²) in [4.78, 5) is 15.9. The highest BCUT2D eigenvalue weighted by Crippen LogP contribution is 2.23. The van der Waals surface area contributed by atoms with Crippen LogP contribution in [-0.2, 0) is 0 Å². The fourth-order valence-corrected chi connectivity index (χ4v) is 1.50. The minimum atomic E-state index is -0.523. The number of amides is 1. The van der Waals surface area contributed by atoms with E-state index >= 15 is 0 Å². The molecule has 0 spiro atoms. The molecule has 5 heteroatoms. The smallest absolute Gasteiger partial charge is 0.260 e. The number of nitrogens with one attached hydrogen (secondary N) is 1. The van der Waals surface area contributed by atoms with E-state index in [0.29, 0.717) is 5.82 Å². The van der Waals surface area contributed by atoms with Crippen LogP contribution in [0.25, 0.3) is 0 Å². The molecule has 0 aliphatic carbocycles. The van der Waals surface area contributed by atoms with Crippen LogP contribution in [0.15, 0.2) is 36.5 Å². The van der Waals surface area contributed by atoms with Crippen molar-refractivity contribution in [3.63, 3.8) is 0 Å². The zero-order chi connectivity index (χ0) is 13.1. The van der Waals surface area contributed by atoms with Crippen LogP contribution in [0.4, 0.5) is 5.82 Å². The minimum absolute atomic E-state index is 0.0000491. The van der Waals surface area contributed by atoms with E-state index in [4.69, 9.17) is 0 Å². The fraction of sp³-hybridized carbons (Fsp3) is 0.0769. The molecule has 3 N–H and O–H groups in total. The van der Waals surface area contributed by atoms with Gasteiger partial charge in [-0.15, -0.1) is 0 Å². The molecule has 0 aliphatic heterocycles. The van der Waals surface area contributed by atoms with Crippen molar-refractivity contribution in [3.8, 4) is 11.5 Å². The molecule has 1 heterocycles. The Labute approximate surface area is 104 Å². The number of carbonyl (C=O) groups is 1. The highest BCUT2D eigenvalue weighted by atomic mass is 16.3. The topological polar surface area (TPSA) is 82.5 Å². The fourth-order valence-electron chi connectivity index (χ4n) is 1.50. The lowest BCUT2D eigenvalue weighted by molar-refractivity contribution is 0.102. The zero-order valence-electron chi connectivity index (χ0n) is 9.71. The Morgan fingerprint density at radius 1 is 1.28 bits per heavy atom. The van der Waals surface area contributed by atoms with Crippen molar-refractivity contribution in [2.75, 3.05) is 5.32 Å². The lowest BCUT2D eigenvalue weighted by Gasteiger charge is -2.08. The van der Waals surface area contributed by atoms with E-state index in [1.165, 1.54) is 18.2 Å². The van der Waals surface area contributed by atoms with E-state index in [9.17, 15) is 15.0 Å². The van der Waals surface area contributed by atoms with Crippen LogP contribution in [0.3, 0.4) is 0 Å². The van der Waals surface area contributed by atoms with Gasteiger partial charge in [0, 0.05) is 6.20 Å². The lowest BCUT2D eigenvalue weighted by Crippen LogP contribution is -2.14. The Morgan fingerprint density at radius 3 is 2.78 bits per heavy atom. The van der Waals surface area contributed by atoms with Gasteiger partial charge in [-0.05, 0) is 36.8 Å². The maximum absolute atomic E-state index is 11.9. The second kappa shape index (κ2) is 4.75. The third kappa shape index (κ3) is 2.40. The molecule has 5 nitrogen and oxygen atoms in total. The van der Waals surface area contributed by atoms with Gasteiger partial charge in [-0.25, -0.2) is 4.98 Å². The molecule has 0 bridgehead atoms. The Hall–Kier alpha value is -2.56. The zero-order valence-corrected chi connectivity index (χ0v) is 9.71. The Kier molecular flexibility index (Phi) is 3.14. The Balaban J connectivity index is 2.28. The monoisotopic (exact) mass is 244 g/mol. The molecule has 1 amide bonds. The number of hydrogen-bond donors (Lipinski definition) is 3. The first kappa shape index (κ1) is 11.9. The number of anilines is 1. The SMILES string of the molecule is Cc1cccnc1NC(=O)c1cc(O)ccc1O. The number of aromatic nitrogens is 1. The Morgan fingerprint density at radius 2 is 2.06 bits per heavy atom. The van der Waals surface area contributed by atoms with Gasteiger partial charge < -0.3 is 15.5 Å². The second-order valence-electron chi connectivity index (χ2n) is 3.82. The van der Waals surface area contributed by atoms with Gasteiger partial charge in [0.05, 0.1) is 5.56 Å². The van der Waals surface area contributed by atoms with Crippen LogP contribution < -0.4 is 5.32 Å². The second-order valence-corrected chi connectivity index (χ2v) is 3.82. The molecular formula is C13H12N2O3.